The summed E-state index contributed by atoms with van der Waals surface area (Å²) < 4.78 is 0. The van der Waals surface area contributed by atoms with Gasteiger partial charge in [-0.05, 0) is 54.8 Å². The second-order valence-electron chi connectivity index (χ2n) is 7.65. The quantitative estimate of drug-likeness (QED) is 0.465. The van der Waals surface area contributed by atoms with E-state index in [0.29, 0.717) is 11.4 Å². The highest BCUT2D eigenvalue weighted by Gasteiger charge is 2.37. The van der Waals surface area contributed by atoms with E-state index in [1.165, 1.54) is 25.7 Å². The normalized spacial score (nSPS) is 17.4. The van der Waals surface area contributed by atoms with E-state index in [4.69, 9.17) is 11.6 Å². The molecule has 0 bridgehead atoms. The summed E-state index contributed by atoms with van der Waals surface area (Å²) in [4.78, 5) is 12.1. The summed E-state index contributed by atoms with van der Waals surface area (Å²) in [5, 5.41) is 15.0. The molecule has 2 aromatic rings. The van der Waals surface area contributed by atoms with Crippen LogP contribution in [0.5, 0.6) is 5.75 Å². The standard InChI is InChI=1S/C18H20ClN3O2.C6H14.CH4/c1-11-9-14(23)7-8-16(11)22-17(10-15(21-22)18(24)20-2)12-3-5-13(19)6-4-12;1-3-5-6-4-2;/h3-9,15,17,21,23H,10H2,1-2H3,(H,20,24);3-6H2,1-2H3;1H4. The van der Waals surface area contributed by atoms with Crippen LogP contribution in [0.4, 0.5) is 5.69 Å². The maximum atomic E-state index is 12.1. The number of likely N-dealkylation sites (N-methyl/N-ethyl adjacent to an activating group) is 1. The second-order valence-corrected chi connectivity index (χ2v) is 8.08. The lowest BCUT2D eigenvalue weighted by atomic mass is 10.00. The molecule has 0 spiro atoms. The van der Waals surface area contributed by atoms with Gasteiger partial charge in [0.1, 0.15) is 11.8 Å². The number of hydrazine groups is 1. The highest BCUT2D eigenvalue weighted by molar-refractivity contribution is 6.30. The molecule has 2 atom stereocenters. The van der Waals surface area contributed by atoms with Gasteiger partial charge in [0.25, 0.3) is 0 Å². The van der Waals surface area contributed by atoms with Gasteiger partial charge in [-0.15, -0.1) is 0 Å². The van der Waals surface area contributed by atoms with Crippen molar-refractivity contribution in [2.45, 2.75) is 72.4 Å². The predicted molar refractivity (Wildman–Crippen MR) is 132 cm³/mol. The van der Waals surface area contributed by atoms with Crippen molar-refractivity contribution in [1.82, 2.24) is 10.7 Å². The molecular formula is C25H38ClN3O2. The minimum atomic E-state index is -0.316. The monoisotopic (exact) mass is 447 g/mol. The van der Waals surface area contributed by atoms with Gasteiger partial charge >= 0.3 is 0 Å². The number of benzene rings is 2. The first kappa shape index (κ1) is 26.8. The lowest BCUT2D eigenvalue weighted by Crippen LogP contribution is -2.44. The number of halogens is 1. The molecular weight excluding hydrogens is 410 g/mol. The minimum Gasteiger partial charge on any atom is -0.508 e. The lowest BCUT2D eigenvalue weighted by molar-refractivity contribution is -0.122. The summed E-state index contributed by atoms with van der Waals surface area (Å²) in [6.45, 7) is 6.40. The van der Waals surface area contributed by atoms with Crippen molar-refractivity contribution in [1.29, 1.82) is 0 Å². The molecule has 1 aliphatic heterocycles. The van der Waals surface area contributed by atoms with E-state index >= 15 is 0 Å². The topological polar surface area (TPSA) is 64.6 Å². The minimum absolute atomic E-state index is 0. The fourth-order valence-electron chi connectivity index (χ4n) is 3.60. The Bertz CT molecular complexity index is 807. The zero-order valence-electron chi connectivity index (χ0n) is 18.4. The largest absolute Gasteiger partial charge is 0.508 e. The first-order valence-electron chi connectivity index (χ1n) is 10.7. The Morgan fingerprint density at radius 3 is 2.29 bits per heavy atom. The van der Waals surface area contributed by atoms with E-state index in [-0.39, 0.29) is 31.2 Å². The summed E-state index contributed by atoms with van der Waals surface area (Å²) in [5.41, 5.74) is 6.22. The van der Waals surface area contributed by atoms with Crippen LogP contribution in [0.15, 0.2) is 42.5 Å². The van der Waals surface area contributed by atoms with Gasteiger partial charge in [-0.25, -0.2) is 5.43 Å². The lowest BCUT2D eigenvalue weighted by Gasteiger charge is -2.28. The molecule has 31 heavy (non-hydrogen) atoms. The van der Waals surface area contributed by atoms with E-state index in [0.717, 1.165) is 16.8 Å². The number of nitrogens with zero attached hydrogens (tertiary/aromatic N) is 1. The second kappa shape index (κ2) is 13.2. The number of carbonyl (C=O) groups excluding carboxylic acids is 1. The molecule has 1 amide bonds. The highest BCUT2D eigenvalue weighted by atomic mass is 35.5. The third-order valence-electron chi connectivity index (χ3n) is 5.28. The van der Waals surface area contributed by atoms with Crippen LogP contribution in [0.25, 0.3) is 0 Å². The molecule has 0 radical (unpaired) electrons. The van der Waals surface area contributed by atoms with Crippen molar-refractivity contribution in [3.63, 3.8) is 0 Å². The van der Waals surface area contributed by atoms with Crippen molar-refractivity contribution in [3.8, 4) is 5.75 Å². The first-order valence-corrected chi connectivity index (χ1v) is 11.1. The summed E-state index contributed by atoms with van der Waals surface area (Å²) in [5.74, 6) is 0.175. The van der Waals surface area contributed by atoms with Gasteiger partial charge < -0.3 is 10.4 Å². The average Bonchev–Trinajstić information content (AvgIpc) is 3.17. The number of aryl methyl sites for hydroxylation is 1. The third kappa shape index (κ3) is 7.44. The number of anilines is 1. The Labute approximate surface area is 192 Å². The molecule has 1 heterocycles. The van der Waals surface area contributed by atoms with E-state index in [2.05, 4.69) is 24.6 Å². The SMILES string of the molecule is C.CCCCCC.CNC(=O)C1CC(c2ccc(Cl)cc2)N(c2ccc(O)cc2C)N1. The Morgan fingerprint density at radius 1 is 1.16 bits per heavy atom. The van der Waals surface area contributed by atoms with Crippen LogP contribution < -0.4 is 15.8 Å². The fourth-order valence-corrected chi connectivity index (χ4v) is 3.72. The Kier molecular flexibility index (Phi) is 11.4. The van der Waals surface area contributed by atoms with Gasteiger partial charge in [-0.1, -0.05) is 70.7 Å². The van der Waals surface area contributed by atoms with E-state index in [1.807, 2.05) is 42.3 Å². The molecule has 1 fully saturated rings. The first-order chi connectivity index (χ1) is 14.4. The van der Waals surface area contributed by atoms with Crippen molar-refractivity contribution in [2.75, 3.05) is 12.1 Å². The highest BCUT2D eigenvalue weighted by Crippen LogP contribution is 2.37. The van der Waals surface area contributed by atoms with Gasteiger partial charge in [0.2, 0.25) is 5.91 Å². The summed E-state index contributed by atoms with van der Waals surface area (Å²) in [6.07, 6.45) is 6.18. The Hall–Kier alpha value is -2.24. The third-order valence-corrected chi connectivity index (χ3v) is 5.53. The smallest absolute Gasteiger partial charge is 0.238 e. The van der Waals surface area contributed by atoms with E-state index in [9.17, 15) is 9.90 Å². The van der Waals surface area contributed by atoms with Crippen molar-refractivity contribution < 1.29 is 9.90 Å². The molecule has 3 N–H and O–H groups in total. The van der Waals surface area contributed by atoms with Crippen LogP contribution in [-0.2, 0) is 4.79 Å². The molecule has 1 saturated heterocycles. The number of unbranched alkanes of at least 4 members (excludes halogenated alkanes) is 3. The van der Waals surface area contributed by atoms with Crippen molar-refractivity contribution in [3.05, 3.63) is 58.6 Å². The number of amides is 1. The summed E-state index contributed by atoms with van der Waals surface area (Å²) >= 11 is 5.99. The van der Waals surface area contributed by atoms with Gasteiger partial charge in [-0.2, -0.15) is 0 Å². The molecule has 6 heteroatoms. The van der Waals surface area contributed by atoms with E-state index < -0.39 is 0 Å². The maximum absolute atomic E-state index is 12.1. The summed E-state index contributed by atoms with van der Waals surface area (Å²) in [6, 6.07) is 12.5. The number of carbonyl (C=O) groups is 1. The molecule has 2 unspecified atom stereocenters. The van der Waals surface area contributed by atoms with Crippen molar-refractivity contribution >= 4 is 23.2 Å². The zero-order valence-corrected chi connectivity index (χ0v) is 19.2. The number of hydrogen-bond donors (Lipinski definition) is 3. The number of phenols is 1. The molecule has 2 aromatic carbocycles. The molecule has 1 aliphatic rings. The average molecular weight is 448 g/mol. The van der Waals surface area contributed by atoms with Gasteiger partial charge in [0.15, 0.2) is 0 Å². The predicted octanol–water partition coefficient (Wildman–Crippen LogP) is 6.15. The molecule has 0 aliphatic carbocycles. The number of aromatic hydroxyl groups is 1. The maximum Gasteiger partial charge on any atom is 0.238 e. The van der Waals surface area contributed by atoms with Crippen LogP contribution in [-0.4, -0.2) is 24.1 Å². The summed E-state index contributed by atoms with van der Waals surface area (Å²) in [7, 11) is 1.63. The van der Waals surface area contributed by atoms with Crippen LogP contribution in [0.2, 0.25) is 5.02 Å². The molecule has 5 nitrogen and oxygen atoms in total. The molecule has 0 aromatic heterocycles. The van der Waals surface area contributed by atoms with Crippen LogP contribution in [0.1, 0.15) is 70.5 Å². The van der Waals surface area contributed by atoms with Gasteiger partial charge in [0, 0.05) is 12.1 Å². The van der Waals surface area contributed by atoms with E-state index in [1.54, 1.807) is 19.2 Å². The fraction of sp³-hybridized carbons (Fsp3) is 0.480. The van der Waals surface area contributed by atoms with Gasteiger partial charge in [0.05, 0.1) is 11.7 Å². The number of phenolic OH excluding ortho intramolecular Hbond substituents is 1. The number of nitrogens with one attached hydrogen (secondary N) is 2. The van der Waals surface area contributed by atoms with Gasteiger partial charge in [-0.3, -0.25) is 9.80 Å². The van der Waals surface area contributed by atoms with Crippen LogP contribution >= 0.6 is 11.6 Å². The molecule has 3 rings (SSSR count). The van der Waals surface area contributed by atoms with Crippen molar-refractivity contribution in [2.24, 2.45) is 0 Å². The van der Waals surface area contributed by atoms with Crippen LogP contribution in [0, 0.1) is 6.92 Å². The number of hydrogen-bond acceptors (Lipinski definition) is 4. The Morgan fingerprint density at radius 2 is 1.77 bits per heavy atom. The van der Waals surface area contributed by atoms with Crippen LogP contribution in [0.3, 0.4) is 0 Å². The molecule has 0 saturated carbocycles. The Balaban J connectivity index is 0.000000607. The zero-order chi connectivity index (χ0) is 22.1. The number of rotatable bonds is 6. The molecule has 172 valence electrons.